The van der Waals surface area contributed by atoms with Gasteiger partial charge in [0.15, 0.2) is 11.5 Å². The first-order valence-corrected chi connectivity index (χ1v) is 15.6. The molecule has 2 unspecified atom stereocenters. The lowest BCUT2D eigenvalue weighted by Crippen LogP contribution is -2.43. The molecule has 3 aliphatic heterocycles. The van der Waals surface area contributed by atoms with Gasteiger partial charge in [0.2, 0.25) is 0 Å². The van der Waals surface area contributed by atoms with E-state index in [1.54, 1.807) is 29.4 Å². The van der Waals surface area contributed by atoms with Crippen LogP contribution in [0.4, 0.5) is 26.8 Å². The standard InChI is InChI=1S/C32H37N9O4/c1-20(2)44-32(43)39-15-11-24(12-16-39)41-30-27(17-34-41)29(40-18-25-7-8-26(19-40)45-25)37-28(38-30)21-3-5-22(6-4-21)35-31(42)36-23-9-13-33-14-10-23/h3-6,9-10,13-14,17,20,24-26H,7-8,11-12,15-16,18-19H2,1-2H3,(H2,33,35,36,42). The molecule has 3 saturated heterocycles. The van der Waals surface area contributed by atoms with E-state index >= 15 is 0 Å². The Morgan fingerprint density at radius 3 is 2.24 bits per heavy atom. The molecule has 1 aromatic carbocycles. The second-order valence-corrected chi connectivity index (χ2v) is 12.1. The second-order valence-electron chi connectivity index (χ2n) is 12.1. The first-order chi connectivity index (χ1) is 21.9. The number of hydrogen-bond donors (Lipinski definition) is 2. The predicted octanol–water partition coefficient (Wildman–Crippen LogP) is 5.08. The van der Waals surface area contributed by atoms with Gasteiger partial charge in [-0.05, 0) is 75.9 Å². The number of ether oxygens (including phenoxy) is 2. The number of benzene rings is 1. The van der Waals surface area contributed by atoms with Crippen LogP contribution in [0.3, 0.4) is 0 Å². The number of urea groups is 1. The molecule has 45 heavy (non-hydrogen) atoms. The Hall–Kier alpha value is -4.78. The lowest BCUT2D eigenvalue weighted by atomic mass is 10.1. The summed E-state index contributed by atoms with van der Waals surface area (Å²) in [5.41, 5.74) is 2.90. The number of nitrogens with one attached hydrogen (secondary N) is 2. The number of hydrogen-bond acceptors (Lipinski definition) is 9. The number of rotatable bonds is 6. The Kier molecular flexibility index (Phi) is 7.92. The van der Waals surface area contributed by atoms with Gasteiger partial charge in [-0.2, -0.15) is 5.10 Å². The van der Waals surface area contributed by atoms with E-state index in [1.165, 1.54) is 0 Å². The van der Waals surface area contributed by atoms with Gasteiger partial charge in [-0.15, -0.1) is 0 Å². The highest BCUT2D eigenvalue weighted by Gasteiger charge is 2.36. The zero-order valence-electron chi connectivity index (χ0n) is 25.4. The van der Waals surface area contributed by atoms with Crippen LogP contribution in [0.1, 0.15) is 45.6 Å². The molecule has 3 aromatic heterocycles. The molecule has 0 radical (unpaired) electrons. The van der Waals surface area contributed by atoms with E-state index < -0.39 is 0 Å². The minimum Gasteiger partial charge on any atom is -0.447 e. The van der Waals surface area contributed by atoms with Gasteiger partial charge in [-0.25, -0.2) is 24.2 Å². The summed E-state index contributed by atoms with van der Waals surface area (Å²) in [4.78, 5) is 43.2. The average Bonchev–Trinajstić information content (AvgIpc) is 3.63. The number of likely N-dealkylation sites (tertiary alicyclic amines) is 1. The molecular formula is C32H37N9O4. The van der Waals surface area contributed by atoms with Crippen molar-refractivity contribution >= 4 is 40.4 Å². The summed E-state index contributed by atoms with van der Waals surface area (Å²) in [5.74, 6) is 1.45. The van der Waals surface area contributed by atoms with Crippen LogP contribution in [-0.4, -0.2) is 86.2 Å². The largest absolute Gasteiger partial charge is 0.447 e. The molecule has 0 aliphatic carbocycles. The van der Waals surface area contributed by atoms with E-state index in [0.717, 1.165) is 61.2 Å². The number of fused-ring (bicyclic) bond motifs is 3. The SMILES string of the molecule is CC(C)OC(=O)N1CCC(n2ncc3c(N4CC5CCC(C4)O5)nc(-c4ccc(NC(=O)Nc5ccncc5)cc4)nc32)CC1. The number of carbonyl (C=O) groups is 2. The highest BCUT2D eigenvalue weighted by Crippen LogP contribution is 2.35. The van der Waals surface area contributed by atoms with E-state index in [4.69, 9.17) is 24.5 Å². The van der Waals surface area contributed by atoms with Crippen LogP contribution in [0.25, 0.3) is 22.4 Å². The van der Waals surface area contributed by atoms with Crippen molar-refractivity contribution in [1.82, 2.24) is 29.6 Å². The maximum absolute atomic E-state index is 12.5. The summed E-state index contributed by atoms with van der Waals surface area (Å²) in [6, 6.07) is 10.7. The predicted molar refractivity (Wildman–Crippen MR) is 169 cm³/mol. The number of nitrogens with zero attached hydrogens (tertiary/aromatic N) is 7. The lowest BCUT2D eigenvalue weighted by molar-refractivity contribution is 0.0303. The van der Waals surface area contributed by atoms with Gasteiger partial charge >= 0.3 is 12.1 Å². The van der Waals surface area contributed by atoms with Crippen molar-refractivity contribution in [3.63, 3.8) is 0 Å². The van der Waals surface area contributed by atoms with Crippen molar-refractivity contribution in [2.24, 2.45) is 0 Å². The minimum absolute atomic E-state index is 0.0903. The van der Waals surface area contributed by atoms with Crippen molar-refractivity contribution in [3.8, 4) is 11.4 Å². The first-order valence-electron chi connectivity index (χ1n) is 15.6. The fraction of sp³-hybridized carbons (Fsp3) is 0.438. The lowest BCUT2D eigenvalue weighted by Gasteiger charge is -2.33. The van der Waals surface area contributed by atoms with Crippen LogP contribution in [0, 0.1) is 0 Å². The maximum atomic E-state index is 12.5. The molecule has 3 amide bonds. The third kappa shape index (κ3) is 6.25. The molecular weight excluding hydrogens is 574 g/mol. The van der Waals surface area contributed by atoms with Crippen molar-refractivity contribution < 1.29 is 19.1 Å². The van der Waals surface area contributed by atoms with Gasteiger partial charge in [0.1, 0.15) is 5.82 Å². The van der Waals surface area contributed by atoms with Gasteiger partial charge in [0, 0.05) is 55.5 Å². The van der Waals surface area contributed by atoms with E-state index in [2.05, 4.69) is 20.5 Å². The molecule has 2 bridgehead atoms. The molecule has 6 heterocycles. The molecule has 4 aromatic rings. The number of anilines is 3. The van der Waals surface area contributed by atoms with Gasteiger partial charge in [-0.3, -0.25) is 4.98 Å². The zero-order valence-corrected chi connectivity index (χ0v) is 25.4. The molecule has 7 rings (SSSR count). The summed E-state index contributed by atoms with van der Waals surface area (Å²) < 4.78 is 13.5. The van der Waals surface area contributed by atoms with Crippen molar-refractivity contribution in [2.75, 3.05) is 41.7 Å². The Morgan fingerprint density at radius 1 is 0.911 bits per heavy atom. The molecule has 3 fully saturated rings. The molecule has 2 atom stereocenters. The Morgan fingerprint density at radius 2 is 1.58 bits per heavy atom. The third-order valence-corrected chi connectivity index (χ3v) is 8.52. The second kappa shape index (κ2) is 12.3. The van der Waals surface area contributed by atoms with Gasteiger partial charge < -0.3 is 29.9 Å². The van der Waals surface area contributed by atoms with Crippen LogP contribution in [0.5, 0.6) is 0 Å². The van der Waals surface area contributed by atoms with Crippen LogP contribution in [-0.2, 0) is 9.47 Å². The van der Waals surface area contributed by atoms with Crippen molar-refractivity contribution in [1.29, 1.82) is 0 Å². The quantitative estimate of drug-likeness (QED) is 0.305. The number of aromatic nitrogens is 5. The fourth-order valence-corrected chi connectivity index (χ4v) is 6.34. The van der Waals surface area contributed by atoms with E-state index in [0.29, 0.717) is 30.3 Å². The monoisotopic (exact) mass is 611 g/mol. The Labute approximate surface area is 260 Å². The molecule has 0 spiro atoms. The average molecular weight is 612 g/mol. The molecule has 0 saturated carbocycles. The van der Waals surface area contributed by atoms with Crippen LogP contribution >= 0.6 is 0 Å². The van der Waals surface area contributed by atoms with Crippen LogP contribution < -0.4 is 15.5 Å². The topological polar surface area (TPSA) is 140 Å². The van der Waals surface area contributed by atoms with Gasteiger partial charge in [-0.1, -0.05) is 0 Å². The Bertz CT molecular complexity index is 1660. The number of carbonyl (C=O) groups excluding carboxylic acids is 2. The zero-order chi connectivity index (χ0) is 30.9. The van der Waals surface area contributed by atoms with E-state index in [-0.39, 0.29) is 36.5 Å². The van der Waals surface area contributed by atoms with Crippen LogP contribution in [0.15, 0.2) is 55.0 Å². The van der Waals surface area contributed by atoms with Gasteiger partial charge in [0.05, 0.1) is 35.9 Å². The van der Waals surface area contributed by atoms with Gasteiger partial charge in [0.25, 0.3) is 0 Å². The highest BCUT2D eigenvalue weighted by atomic mass is 16.6. The first kappa shape index (κ1) is 29.0. The normalized spacial score (nSPS) is 20.1. The smallest absolute Gasteiger partial charge is 0.410 e. The minimum atomic E-state index is -0.344. The van der Waals surface area contributed by atoms with E-state index in [9.17, 15) is 9.59 Å². The van der Waals surface area contributed by atoms with Crippen molar-refractivity contribution in [3.05, 3.63) is 55.0 Å². The summed E-state index contributed by atoms with van der Waals surface area (Å²) in [7, 11) is 0. The molecule has 2 N–H and O–H groups in total. The summed E-state index contributed by atoms with van der Waals surface area (Å²) in [6.45, 7) is 6.47. The Balaban J connectivity index is 1.16. The number of morpholine rings is 1. The fourth-order valence-electron chi connectivity index (χ4n) is 6.34. The number of amides is 3. The summed E-state index contributed by atoms with van der Waals surface area (Å²) in [6.07, 6.45) is 8.72. The van der Waals surface area contributed by atoms with Crippen LogP contribution in [0.2, 0.25) is 0 Å². The highest BCUT2D eigenvalue weighted by molar-refractivity contribution is 5.99. The van der Waals surface area contributed by atoms with E-state index in [1.807, 2.05) is 49.0 Å². The maximum Gasteiger partial charge on any atom is 0.410 e. The van der Waals surface area contributed by atoms with Crippen molar-refractivity contribution in [2.45, 2.75) is 63.9 Å². The molecule has 13 nitrogen and oxygen atoms in total. The summed E-state index contributed by atoms with van der Waals surface area (Å²) >= 11 is 0. The molecule has 3 aliphatic rings. The molecule has 234 valence electrons. The number of piperidine rings is 1. The third-order valence-electron chi connectivity index (χ3n) is 8.52. The summed E-state index contributed by atoms with van der Waals surface area (Å²) in [5, 5.41) is 11.4. The number of pyridine rings is 1. The molecule has 13 heteroatoms.